The third-order valence-electron chi connectivity index (χ3n) is 3.01. The van der Waals surface area contributed by atoms with E-state index in [-0.39, 0.29) is 12.1 Å². The molecule has 0 aliphatic carbocycles. The molecular weight excluding hydrogens is 284 g/mol. The second kappa shape index (κ2) is 7.50. The zero-order valence-corrected chi connectivity index (χ0v) is 12.5. The highest BCUT2D eigenvalue weighted by molar-refractivity contribution is 6.30. The fraction of sp³-hybridized carbons (Fsp3) is 0.118. The van der Waals surface area contributed by atoms with Crippen LogP contribution in [0.25, 0.3) is 6.08 Å². The smallest absolute Gasteiger partial charge is 0.319 e. The Balaban J connectivity index is 1.83. The molecule has 2 N–H and O–H groups in total. The summed E-state index contributed by atoms with van der Waals surface area (Å²) < 4.78 is 0. The Morgan fingerprint density at radius 1 is 1.10 bits per heavy atom. The average Bonchev–Trinajstić information content (AvgIpc) is 2.50. The zero-order valence-electron chi connectivity index (χ0n) is 11.7. The van der Waals surface area contributed by atoms with Gasteiger partial charge in [0, 0.05) is 11.2 Å². The topological polar surface area (TPSA) is 41.1 Å². The highest BCUT2D eigenvalue weighted by Gasteiger charge is 2.06. The minimum atomic E-state index is -0.239. The number of halogens is 1. The number of urea groups is 1. The molecule has 108 valence electrons. The van der Waals surface area contributed by atoms with Crippen molar-refractivity contribution in [2.24, 2.45) is 0 Å². The molecule has 0 aliphatic rings. The fourth-order valence-electron chi connectivity index (χ4n) is 1.85. The molecule has 1 atom stereocenters. The van der Waals surface area contributed by atoms with Crippen LogP contribution in [0.3, 0.4) is 0 Å². The van der Waals surface area contributed by atoms with E-state index in [4.69, 9.17) is 11.6 Å². The first-order valence-corrected chi connectivity index (χ1v) is 7.07. The van der Waals surface area contributed by atoms with Crippen molar-refractivity contribution in [1.29, 1.82) is 0 Å². The number of benzene rings is 2. The predicted octanol–water partition coefficient (Wildman–Crippen LogP) is 4.37. The van der Waals surface area contributed by atoms with Crippen molar-refractivity contribution >= 4 is 23.7 Å². The number of carbonyl (C=O) groups excluding carboxylic acids is 1. The number of rotatable bonds is 4. The number of amides is 2. The Bertz CT molecular complexity index is 608. The number of carbonyl (C=O) groups is 1. The van der Waals surface area contributed by atoms with Crippen LogP contribution in [0, 0.1) is 0 Å². The van der Waals surface area contributed by atoms with Gasteiger partial charge in [0.15, 0.2) is 0 Å². The number of hydrogen-bond acceptors (Lipinski definition) is 1. The molecule has 4 heteroatoms. The van der Waals surface area contributed by atoms with Gasteiger partial charge in [-0.15, -0.1) is 0 Å². The SMILES string of the molecule is CC(NC(=O)N/C=C/c1ccc(Cl)cc1)c1ccccc1. The average molecular weight is 301 g/mol. The molecule has 1 unspecified atom stereocenters. The van der Waals surface area contributed by atoms with Gasteiger partial charge in [-0.3, -0.25) is 0 Å². The largest absolute Gasteiger partial charge is 0.331 e. The Morgan fingerprint density at radius 3 is 2.43 bits per heavy atom. The van der Waals surface area contributed by atoms with Crippen LogP contribution in [0.1, 0.15) is 24.1 Å². The van der Waals surface area contributed by atoms with Crippen LogP contribution in [0.2, 0.25) is 5.02 Å². The molecule has 21 heavy (non-hydrogen) atoms. The summed E-state index contributed by atoms with van der Waals surface area (Å²) in [5.41, 5.74) is 2.03. The maximum atomic E-state index is 11.8. The first kappa shape index (κ1) is 15.1. The van der Waals surface area contributed by atoms with Gasteiger partial charge in [-0.05, 0) is 36.3 Å². The third kappa shape index (κ3) is 4.97. The molecule has 0 saturated heterocycles. The number of hydrogen-bond donors (Lipinski definition) is 2. The van der Waals surface area contributed by atoms with Crippen LogP contribution in [0.15, 0.2) is 60.8 Å². The predicted molar refractivity (Wildman–Crippen MR) is 87.0 cm³/mol. The van der Waals surface area contributed by atoms with Crippen molar-refractivity contribution in [2.45, 2.75) is 13.0 Å². The van der Waals surface area contributed by atoms with E-state index in [1.807, 2.05) is 55.5 Å². The molecule has 2 aromatic rings. The van der Waals surface area contributed by atoms with E-state index in [0.29, 0.717) is 5.02 Å². The molecule has 0 fully saturated rings. The highest BCUT2D eigenvalue weighted by Crippen LogP contribution is 2.11. The summed E-state index contributed by atoms with van der Waals surface area (Å²) in [6.45, 7) is 1.94. The molecule has 0 heterocycles. The van der Waals surface area contributed by atoms with E-state index in [1.165, 1.54) is 0 Å². The third-order valence-corrected chi connectivity index (χ3v) is 3.26. The van der Waals surface area contributed by atoms with E-state index in [1.54, 1.807) is 18.3 Å². The van der Waals surface area contributed by atoms with Crippen molar-refractivity contribution in [1.82, 2.24) is 10.6 Å². The Kier molecular flexibility index (Phi) is 5.41. The summed E-state index contributed by atoms with van der Waals surface area (Å²) >= 11 is 5.81. The van der Waals surface area contributed by atoms with Crippen molar-refractivity contribution in [3.8, 4) is 0 Å². The lowest BCUT2D eigenvalue weighted by Crippen LogP contribution is -2.34. The lowest BCUT2D eigenvalue weighted by molar-refractivity contribution is 0.241. The Hall–Kier alpha value is -2.26. The molecule has 0 bridgehead atoms. The van der Waals surface area contributed by atoms with E-state index in [9.17, 15) is 4.79 Å². The molecule has 0 radical (unpaired) electrons. The Labute approximate surface area is 129 Å². The summed E-state index contributed by atoms with van der Waals surface area (Å²) in [7, 11) is 0. The number of nitrogens with one attached hydrogen (secondary N) is 2. The molecule has 2 amide bonds. The second-order valence-corrected chi connectivity index (χ2v) is 5.07. The zero-order chi connectivity index (χ0) is 15.1. The van der Waals surface area contributed by atoms with Gasteiger partial charge in [-0.1, -0.05) is 54.1 Å². The van der Waals surface area contributed by atoms with Gasteiger partial charge in [0.05, 0.1) is 6.04 Å². The van der Waals surface area contributed by atoms with Gasteiger partial charge in [-0.2, -0.15) is 0 Å². The molecule has 2 rings (SSSR count). The first-order valence-electron chi connectivity index (χ1n) is 6.69. The summed E-state index contributed by atoms with van der Waals surface area (Å²) in [4.78, 5) is 11.8. The van der Waals surface area contributed by atoms with E-state index in [0.717, 1.165) is 11.1 Å². The minimum Gasteiger partial charge on any atom is -0.331 e. The molecule has 0 aliphatic heterocycles. The monoisotopic (exact) mass is 300 g/mol. The quantitative estimate of drug-likeness (QED) is 0.865. The molecule has 2 aromatic carbocycles. The molecular formula is C17H17ClN2O. The second-order valence-electron chi connectivity index (χ2n) is 4.64. The molecule has 3 nitrogen and oxygen atoms in total. The summed E-state index contributed by atoms with van der Waals surface area (Å²) in [5.74, 6) is 0. The van der Waals surface area contributed by atoms with E-state index in [2.05, 4.69) is 10.6 Å². The molecule has 0 aromatic heterocycles. The van der Waals surface area contributed by atoms with Gasteiger partial charge in [0.25, 0.3) is 0 Å². The molecule has 0 spiro atoms. The Morgan fingerprint density at radius 2 is 1.76 bits per heavy atom. The van der Waals surface area contributed by atoms with Crippen LogP contribution in [0.4, 0.5) is 4.79 Å². The first-order chi connectivity index (χ1) is 10.1. The van der Waals surface area contributed by atoms with Crippen LogP contribution in [0.5, 0.6) is 0 Å². The van der Waals surface area contributed by atoms with Gasteiger partial charge >= 0.3 is 6.03 Å². The van der Waals surface area contributed by atoms with E-state index >= 15 is 0 Å². The van der Waals surface area contributed by atoms with Crippen LogP contribution in [-0.2, 0) is 0 Å². The van der Waals surface area contributed by atoms with E-state index < -0.39 is 0 Å². The fourth-order valence-corrected chi connectivity index (χ4v) is 1.98. The van der Waals surface area contributed by atoms with Crippen LogP contribution < -0.4 is 10.6 Å². The van der Waals surface area contributed by atoms with Crippen molar-refractivity contribution in [2.75, 3.05) is 0 Å². The van der Waals surface area contributed by atoms with Gasteiger partial charge < -0.3 is 10.6 Å². The van der Waals surface area contributed by atoms with Crippen LogP contribution in [-0.4, -0.2) is 6.03 Å². The maximum absolute atomic E-state index is 11.8. The normalized spacial score (nSPS) is 12.1. The molecule has 0 saturated carbocycles. The van der Waals surface area contributed by atoms with Crippen molar-refractivity contribution in [3.63, 3.8) is 0 Å². The van der Waals surface area contributed by atoms with Crippen LogP contribution >= 0.6 is 11.6 Å². The highest BCUT2D eigenvalue weighted by atomic mass is 35.5. The van der Waals surface area contributed by atoms with Gasteiger partial charge in [0.2, 0.25) is 0 Å². The summed E-state index contributed by atoms with van der Waals surface area (Å²) in [6.07, 6.45) is 3.42. The van der Waals surface area contributed by atoms with Crippen molar-refractivity contribution < 1.29 is 4.79 Å². The van der Waals surface area contributed by atoms with Crippen molar-refractivity contribution in [3.05, 3.63) is 76.9 Å². The lowest BCUT2D eigenvalue weighted by atomic mass is 10.1. The standard InChI is InChI=1S/C17H17ClN2O/c1-13(15-5-3-2-4-6-15)20-17(21)19-12-11-14-7-9-16(18)10-8-14/h2-13H,1H3,(H2,19,20,21)/b12-11+. The summed E-state index contributed by atoms with van der Waals surface area (Å²) in [5, 5.41) is 6.24. The lowest BCUT2D eigenvalue weighted by Gasteiger charge is -2.13. The van der Waals surface area contributed by atoms with Gasteiger partial charge in [0.1, 0.15) is 0 Å². The maximum Gasteiger partial charge on any atom is 0.319 e. The van der Waals surface area contributed by atoms with Gasteiger partial charge in [-0.25, -0.2) is 4.79 Å². The summed E-state index contributed by atoms with van der Waals surface area (Å²) in [6, 6.07) is 16.9. The minimum absolute atomic E-state index is 0.0462.